The Kier molecular flexibility index (Phi) is 6.15. The van der Waals surface area contributed by atoms with E-state index in [2.05, 4.69) is 22.4 Å². The van der Waals surface area contributed by atoms with Crippen molar-refractivity contribution in [2.75, 3.05) is 19.4 Å². The van der Waals surface area contributed by atoms with Gasteiger partial charge in [0, 0.05) is 12.2 Å². The van der Waals surface area contributed by atoms with Gasteiger partial charge in [-0.1, -0.05) is 17.7 Å². The first kappa shape index (κ1) is 18.5. The van der Waals surface area contributed by atoms with Crippen LogP contribution in [0.3, 0.4) is 0 Å². The molecule has 2 rings (SSSR count). The van der Waals surface area contributed by atoms with E-state index < -0.39 is 6.10 Å². The molecule has 0 bridgehead atoms. The van der Waals surface area contributed by atoms with Gasteiger partial charge in [-0.2, -0.15) is 5.26 Å². The van der Waals surface area contributed by atoms with Crippen molar-refractivity contribution in [3.63, 3.8) is 0 Å². The van der Waals surface area contributed by atoms with Gasteiger partial charge in [0.05, 0.1) is 11.6 Å². The third kappa shape index (κ3) is 5.33. The van der Waals surface area contributed by atoms with E-state index in [0.717, 1.165) is 23.4 Å². The van der Waals surface area contributed by atoms with E-state index in [4.69, 9.17) is 10.00 Å². The van der Waals surface area contributed by atoms with E-state index in [-0.39, 0.29) is 5.91 Å². The molecule has 0 radical (unpaired) electrons. The summed E-state index contributed by atoms with van der Waals surface area (Å²) < 4.78 is 5.66. The molecular weight excluding hydrogens is 314 g/mol. The van der Waals surface area contributed by atoms with Crippen LogP contribution in [-0.4, -0.2) is 31.0 Å². The first-order valence-electron chi connectivity index (χ1n) is 8.11. The van der Waals surface area contributed by atoms with Gasteiger partial charge in [-0.3, -0.25) is 4.79 Å². The van der Waals surface area contributed by atoms with E-state index >= 15 is 0 Å². The van der Waals surface area contributed by atoms with Gasteiger partial charge >= 0.3 is 0 Å². The minimum absolute atomic E-state index is 0.215. The van der Waals surface area contributed by atoms with Crippen molar-refractivity contribution < 1.29 is 9.53 Å². The van der Waals surface area contributed by atoms with Crippen LogP contribution in [0.5, 0.6) is 5.75 Å². The van der Waals surface area contributed by atoms with Gasteiger partial charge in [-0.25, -0.2) is 0 Å². The molecule has 0 aliphatic carbocycles. The summed E-state index contributed by atoms with van der Waals surface area (Å²) >= 11 is 0. The van der Waals surface area contributed by atoms with Gasteiger partial charge in [0.15, 0.2) is 6.10 Å². The molecule has 5 nitrogen and oxygen atoms in total. The van der Waals surface area contributed by atoms with Crippen molar-refractivity contribution in [2.45, 2.75) is 26.5 Å². The number of ether oxygens (including phenoxy) is 1. The number of nitrogens with zero attached hydrogens (tertiary/aromatic N) is 2. The van der Waals surface area contributed by atoms with Crippen LogP contribution in [0, 0.1) is 18.3 Å². The quantitative estimate of drug-likeness (QED) is 0.878. The average molecular weight is 337 g/mol. The zero-order valence-corrected chi connectivity index (χ0v) is 15.0. The maximum Gasteiger partial charge on any atom is 0.265 e. The lowest BCUT2D eigenvalue weighted by Crippen LogP contribution is -2.30. The highest BCUT2D eigenvalue weighted by atomic mass is 16.5. The van der Waals surface area contributed by atoms with E-state index in [0.29, 0.717) is 11.3 Å². The van der Waals surface area contributed by atoms with Crippen molar-refractivity contribution in [1.82, 2.24) is 4.90 Å². The number of benzene rings is 2. The van der Waals surface area contributed by atoms with E-state index in [1.807, 2.05) is 33.2 Å². The average Bonchev–Trinajstić information content (AvgIpc) is 2.57. The van der Waals surface area contributed by atoms with Crippen LogP contribution in [0.1, 0.15) is 23.6 Å². The van der Waals surface area contributed by atoms with Gasteiger partial charge in [0.2, 0.25) is 0 Å². The molecule has 0 saturated carbocycles. The van der Waals surface area contributed by atoms with Crippen molar-refractivity contribution in [1.29, 1.82) is 5.26 Å². The molecule has 0 aliphatic heterocycles. The summed E-state index contributed by atoms with van der Waals surface area (Å²) in [4.78, 5) is 14.5. The van der Waals surface area contributed by atoms with Crippen LogP contribution in [0.4, 0.5) is 5.69 Å². The summed E-state index contributed by atoms with van der Waals surface area (Å²) in [5.74, 6) is 0.340. The monoisotopic (exact) mass is 337 g/mol. The highest BCUT2D eigenvalue weighted by Crippen LogP contribution is 2.20. The zero-order valence-electron chi connectivity index (χ0n) is 15.0. The molecule has 2 aromatic rings. The molecule has 0 spiro atoms. The van der Waals surface area contributed by atoms with Crippen molar-refractivity contribution in [2.24, 2.45) is 0 Å². The molecule has 130 valence electrons. The lowest BCUT2D eigenvalue weighted by molar-refractivity contribution is -0.122. The number of hydrogen-bond donors (Lipinski definition) is 1. The molecule has 0 aromatic heterocycles. The topological polar surface area (TPSA) is 65.4 Å². The van der Waals surface area contributed by atoms with Crippen LogP contribution >= 0.6 is 0 Å². The third-order valence-electron chi connectivity index (χ3n) is 3.67. The first-order chi connectivity index (χ1) is 11.9. The lowest BCUT2D eigenvalue weighted by atomic mass is 10.1. The highest BCUT2D eigenvalue weighted by Gasteiger charge is 2.16. The van der Waals surface area contributed by atoms with E-state index in [1.54, 1.807) is 31.2 Å². The number of anilines is 1. The van der Waals surface area contributed by atoms with Crippen LogP contribution < -0.4 is 10.1 Å². The van der Waals surface area contributed by atoms with Gasteiger partial charge in [0.1, 0.15) is 5.75 Å². The SMILES string of the molecule is Cc1ccc(NC(=O)[C@@H](C)Oc2ccc(C#N)cc2)c(CN(C)C)c1. The molecule has 1 atom stereocenters. The number of carbonyl (C=O) groups is 1. The lowest BCUT2D eigenvalue weighted by Gasteiger charge is -2.18. The number of aryl methyl sites for hydroxylation is 1. The van der Waals surface area contributed by atoms with Crippen molar-refractivity contribution in [3.8, 4) is 11.8 Å². The van der Waals surface area contributed by atoms with E-state index in [9.17, 15) is 4.79 Å². The summed E-state index contributed by atoms with van der Waals surface area (Å²) in [6.07, 6.45) is -0.651. The Bertz CT molecular complexity index is 777. The second-order valence-electron chi connectivity index (χ2n) is 6.28. The second kappa shape index (κ2) is 8.32. The van der Waals surface area contributed by atoms with Crippen LogP contribution in [0.2, 0.25) is 0 Å². The van der Waals surface area contributed by atoms with Crippen LogP contribution in [0.25, 0.3) is 0 Å². The molecule has 2 aromatic carbocycles. The van der Waals surface area contributed by atoms with Gasteiger partial charge in [0.25, 0.3) is 5.91 Å². The molecule has 0 heterocycles. The normalized spacial score (nSPS) is 11.7. The number of rotatable bonds is 6. The number of carbonyl (C=O) groups excluding carboxylic acids is 1. The minimum atomic E-state index is -0.651. The Balaban J connectivity index is 2.06. The second-order valence-corrected chi connectivity index (χ2v) is 6.28. The standard InChI is InChI=1S/C20H23N3O2/c1-14-5-10-19(17(11-14)13-23(3)4)22-20(24)15(2)25-18-8-6-16(12-21)7-9-18/h5-11,15H,13H2,1-4H3,(H,22,24)/t15-/m1/s1. The Morgan fingerprint density at radius 3 is 2.52 bits per heavy atom. The fraction of sp³-hybridized carbons (Fsp3) is 0.300. The number of amides is 1. The smallest absolute Gasteiger partial charge is 0.265 e. The number of nitrogens with one attached hydrogen (secondary N) is 1. The molecule has 5 heteroatoms. The Morgan fingerprint density at radius 1 is 1.24 bits per heavy atom. The highest BCUT2D eigenvalue weighted by molar-refractivity contribution is 5.94. The predicted octanol–water partition coefficient (Wildman–Crippen LogP) is 3.33. The maximum absolute atomic E-state index is 12.5. The molecule has 1 amide bonds. The van der Waals surface area contributed by atoms with Crippen LogP contribution in [0.15, 0.2) is 42.5 Å². The molecule has 25 heavy (non-hydrogen) atoms. The Labute approximate surface area is 148 Å². The Morgan fingerprint density at radius 2 is 1.92 bits per heavy atom. The largest absolute Gasteiger partial charge is 0.481 e. The van der Waals surface area contributed by atoms with Crippen molar-refractivity contribution in [3.05, 3.63) is 59.2 Å². The first-order valence-corrected chi connectivity index (χ1v) is 8.11. The van der Waals surface area contributed by atoms with Gasteiger partial charge < -0.3 is 15.0 Å². The molecule has 0 aliphatic rings. The predicted molar refractivity (Wildman–Crippen MR) is 98.4 cm³/mol. The number of nitriles is 1. The summed E-state index contributed by atoms with van der Waals surface area (Å²) in [6, 6.07) is 14.7. The summed E-state index contributed by atoms with van der Waals surface area (Å²) in [6.45, 7) is 4.47. The molecule has 0 fully saturated rings. The summed E-state index contributed by atoms with van der Waals surface area (Å²) in [7, 11) is 3.98. The van der Waals surface area contributed by atoms with Gasteiger partial charge in [-0.15, -0.1) is 0 Å². The Hall–Kier alpha value is -2.84. The molecule has 0 saturated heterocycles. The fourth-order valence-corrected chi connectivity index (χ4v) is 2.42. The number of hydrogen-bond acceptors (Lipinski definition) is 4. The third-order valence-corrected chi connectivity index (χ3v) is 3.67. The molecular formula is C20H23N3O2. The summed E-state index contributed by atoms with van der Waals surface area (Å²) in [5.41, 5.74) is 3.55. The zero-order chi connectivity index (χ0) is 18.4. The summed E-state index contributed by atoms with van der Waals surface area (Å²) in [5, 5.41) is 11.8. The van der Waals surface area contributed by atoms with Crippen LogP contribution in [-0.2, 0) is 11.3 Å². The maximum atomic E-state index is 12.5. The fourth-order valence-electron chi connectivity index (χ4n) is 2.42. The van der Waals surface area contributed by atoms with E-state index in [1.165, 1.54) is 0 Å². The van der Waals surface area contributed by atoms with Crippen molar-refractivity contribution >= 4 is 11.6 Å². The molecule has 0 unspecified atom stereocenters. The molecule has 1 N–H and O–H groups in total. The minimum Gasteiger partial charge on any atom is -0.481 e. The van der Waals surface area contributed by atoms with Gasteiger partial charge in [-0.05, 0) is 63.8 Å².